The standard InChI is InChI=1S/C22H28O4/c1-2-24-22-13-21(25-15-19-11-7-4-8-12-19)20(17-26-22)16-23-14-18-9-5-3-6-10-18/h3-12,20-22H,2,13-17H2,1H3/t20-,21+,22-/m1/s1. The van der Waals surface area contributed by atoms with Gasteiger partial charge in [0.1, 0.15) is 0 Å². The van der Waals surface area contributed by atoms with Gasteiger partial charge in [0, 0.05) is 18.9 Å². The molecule has 2 aromatic carbocycles. The van der Waals surface area contributed by atoms with E-state index in [0.29, 0.717) is 33.0 Å². The average molecular weight is 356 g/mol. The Morgan fingerprint density at radius 2 is 1.54 bits per heavy atom. The molecule has 1 aliphatic rings. The topological polar surface area (TPSA) is 36.9 Å². The van der Waals surface area contributed by atoms with Gasteiger partial charge in [0.2, 0.25) is 0 Å². The van der Waals surface area contributed by atoms with Gasteiger partial charge in [-0.2, -0.15) is 0 Å². The van der Waals surface area contributed by atoms with E-state index in [0.717, 1.165) is 6.42 Å². The van der Waals surface area contributed by atoms with Crippen LogP contribution in [0.3, 0.4) is 0 Å². The Kier molecular flexibility index (Phi) is 7.65. The highest BCUT2D eigenvalue weighted by Gasteiger charge is 2.32. The van der Waals surface area contributed by atoms with Gasteiger partial charge in [-0.25, -0.2) is 0 Å². The normalized spacial score (nSPS) is 23.0. The van der Waals surface area contributed by atoms with Crippen LogP contribution in [0.1, 0.15) is 24.5 Å². The van der Waals surface area contributed by atoms with Crippen LogP contribution in [0.5, 0.6) is 0 Å². The maximum Gasteiger partial charge on any atom is 0.160 e. The molecule has 2 aromatic rings. The van der Waals surface area contributed by atoms with Gasteiger partial charge in [0.05, 0.1) is 32.5 Å². The first kappa shape index (κ1) is 19.1. The molecule has 0 bridgehead atoms. The highest BCUT2D eigenvalue weighted by Crippen LogP contribution is 2.25. The second kappa shape index (κ2) is 10.4. The van der Waals surface area contributed by atoms with E-state index in [4.69, 9.17) is 18.9 Å². The molecule has 26 heavy (non-hydrogen) atoms. The Hall–Kier alpha value is -1.72. The summed E-state index contributed by atoms with van der Waals surface area (Å²) in [4.78, 5) is 0. The number of hydrogen-bond acceptors (Lipinski definition) is 4. The van der Waals surface area contributed by atoms with Gasteiger partial charge in [0.25, 0.3) is 0 Å². The minimum Gasteiger partial charge on any atom is -0.376 e. The lowest BCUT2D eigenvalue weighted by atomic mass is 9.98. The summed E-state index contributed by atoms with van der Waals surface area (Å²) in [6.45, 7) is 5.05. The Labute approximate surface area is 156 Å². The van der Waals surface area contributed by atoms with E-state index >= 15 is 0 Å². The van der Waals surface area contributed by atoms with Crippen molar-refractivity contribution >= 4 is 0 Å². The number of ether oxygens (including phenoxy) is 4. The summed E-state index contributed by atoms with van der Waals surface area (Å²) in [5.41, 5.74) is 2.36. The van der Waals surface area contributed by atoms with Crippen molar-refractivity contribution in [2.24, 2.45) is 5.92 Å². The van der Waals surface area contributed by atoms with Crippen molar-refractivity contribution in [3.8, 4) is 0 Å². The fourth-order valence-electron chi connectivity index (χ4n) is 3.13. The van der Waals surface area contributed by atoms with Crippen molar-refractivity contribution in [2.45, 2.75) is 39.0 Å². The van der Waals surface area contributed by atoms with Gasteiger partial charge in [-0.1, -0.05) is 60.7 Å². The fraction of sp³-hybridized carbons (Fsp3) is 0.455. The van der Waals surface area contributed by atoms with Crippen molar-refractivity contribution in [3.63, 3.8) is 0 Å². The number of hydrogen-bond donors (Lipinski definition) is 0. The summed E-state index contributed by atoms with van der Waals surface area (Å²) in [5, 5.41) is 0. The average Bonchev–Trinajstić information content (AvgIpc) is 2.69. The van der Waals surface area contributed by atoms with Gasteiger partial charge in [-0.15, -0.1) is 0 Å². The second-order valence-corrected chi connectivity index (χ2v) is 6.55. The minimum absolute atomic E-state index is 0.0660. The fourth-order valence-corrected chi connectivity index (χ4v) is 3.13. The monoisotopic (exact) mass is 356 g/mol. The molecular weight excluding hydrogens is 328 g/mol. The third-order valence-electron chi connectivity index (χ3n) is 4.55. The second-order valence-electron chi connectivity index (χ2n) is 6.55. The Balaban J connectivity index is 1.52. The molecule has 3 atom stereocenters. The molecule has 0 N–H and O–H groups in total. The van der Waals surface area contributed by atoms with E-state index in [-0.39, 0.29) is 18.3 Å². The van der Waals surface area contributed by atoms with Crippen molar-refractivity contribution in [1.82, 2.24) is 0 Å². The highest BCUT2D eigenvalue weighted by molar-refractivity contribution is 5.14. The predicted octanol–water partition coefficient (Wildman–Crippen LogP) is 4.19. The molecule has 4 heteroatoms. The summed E-state index contributed by atoms with van der Waals surface area (Å²) in [7, 11) is 0. The van der Waals surface area contributed by atoms with E-state index in [1.54, 1.807) is 0 Å². The van der Waals surface area contributed by atoms with E-state index in [1.807, 2.05) is 43.3 Å². The first-order valence-electron chi connectivity index (χ1n) is 9.35. The summed E-state index contributed by atoms with van der Waals surface area (Å²) >= 11 is 0. The third kappa shape index (κ3) is 5.92. The largest absolute Gasteiger partial charge is 0.376 e. The van der Waals surface area contributed by atoms with Crippen LogP contribution in [0, 0.1) is 5.92 Å². The molecule has 0 aliphatic carbocycles. The molecule has 1 heterocycles. The van der Waals surface area contributed by atoms with Crippen molar-refractivity contribution in [3.05, 3.63) is 71.8 Å². The van der Waals surface area contributed by atoms with Gasteiger partial charge in [0.15, 0.2) is 6.29 Å². The highest BCUT2D eigenvalue weighted by atomic mass is 16.7. The van der Waals surface area contributed by atoms with Crippen LogP contribution in [-0.4, -0.2) is 32.2 Å². The van der Waals surface area contributed by atoms with Crippen LogP contribution in [0.2, 0.25) is 0 Å². The van der Waals surface area contributed by atoms with Crippen molar-refractivity contribution in [1.29, 1.82) is 0 Å². The summed E-state index contributed by atoms with van der Waals surface area (Å²) < 4.78 is 23.6. The first-order chi connectivity index (χ1) is 12.8. The number of benzene rings is 2. The zero-order valence-corrected chi connectivity index (χ0v) is 15.4. The van der Waals surface area contributed by atoms with Crippen LogP contribution < -0.4 is 0 Å². The van der Waals surface area contributed by atoms with Crippen LogP contribution in [-0.2, 0) is 32.2 Å². The SMILES string of the molecule is CCO[C@H]1C[C@H](OCc2ccccc2)[C@H](COCc2ccccc2)CO1. The smallest absolute Gasteiger partial charge is 0.160 e. The molecule has 1 aliphatic heterocycles. The minimum atomic E-state index is -0.189. The van der Waals surface area contributed by atoms with Crippen molar-refractivity contribution in [2.75, 3.05) is 19.8 Å². The summed E-state index contributed by atoms with van der Waals surface area (Å²) in [5.74, 6) is 0.208. The molecule has 140 valence electrons. The molecular formula is C22H28O4. The Morgan fingerprint density at radius 1 is 0.885 bits per heavy atom. The molecule has 3 rings (SSSR count). The lowest BCUT2D eigenvalue weighted by Crippen LogP contribution is -2.42. The third-order valence-corrected chi connectivity index (χ3v) is 4.55. The molecule has 1 saturated heterocycles. The van der Waals surface area contributed by atoms with E-state index < -0.39 is 0 Å². The first-order valence-corrected chi connectivity index (χ1v) is 9.35. The zero-order valence-electron chi connectivity index (χ0n) is 15.4. The van der Waals surface area contributed by atoms with Crippen LogP contribution >= 0.6 is 0 Å². The molecule has 0 saturated carbocycles. The quantitative estimate of drug-likeness (QED) is 0.675. The Bertz CT molecular complexity index is 617. The van der Waals surface area contributed by atoms with Crippen LogP contribution in [0.15, 0.2) is 60.7 Å². The summed E-state index contributed by atoms with van der Waals surface area (Å²) in [6.07, 6.45) is 0.613. The number of rotatable bonds is 9. The van der Waals surface area contributed by atoms with Crippen LogP contribution in [0.25, 0.3) is 0 Å². The molecule has 0 spiro atoms. The lowest BCUT2D eigenvalue weighted by molar-refractivity contribution is -0.218. The predicted molar refractivity (Wildman–Crippen MR) is 101 cm³/mol. The molecule has 1 fully saturated rings. The van der Waals surface area contributed by atoms with E-state index in [1.165, 1.54) is 11.1 Å². The van der Waals surface area contributed by atoms with Gasteiger partial charge in [-0.3, -0.25) is 0 Å². The van der Waals surface area contributed by atoms with Gasteiger partial charge in [-0.05, 0) is 18.1 Å². The molecule has 0 aromatic heterocycles. The van der Waals surface area contributed by atoms with E-state index in [2.05, 4.69) is 24.3 Å². The Morgan fingerprint density at radius 3 is 2.19 bits per heavy atom. The van der Waals surface area contributed by atoms with Gasteiger partial charge < -0.3 is 18.9 Å². The lowest BCUT2D eigenvalue weighted by Gasteiger charge is -2.35. The van der Waals surface area contributed by atoms with Crippen molar-refractivity contribution < 1.29 is 18.9 Å². The zero-order chi connectivity index (χ0) is 18.0. The summed E-state index contributed by atoms with van der Waals surface area (Å²) in [6, 6.07) is 20.5. The molecule has 0 radical (unpaired) electrons. The maximum absolute atomic E-state index is 6.22. The molecule has 4 nitrogen and oxygen atoms in total. The van der Waals surface area contributed by atoms with Crippen LogP contribution in [0.4, 0.5) is 0 Å². The molecule has 0 unspecified atom stereocenters. The van der Waals surface area contributed by atoms with E-state index in [9.17, 15) is 0 Å². The molecule has 0 amide bonds. The maximum atomic E-state index is 6.22. The van der Waals surface area contributed by atoms with Gasteiger partial charge >= 0.3 is 0 Å².